The lowest BCUT2D eigenvalue weighted by molar-refractivity contribution is 0.173. The summed E-state index contributed by atoms with van der Waals surface area (Å²) in [6.07, 6.45) is 2.81. The molecule has 3 heterocycles. The molecule has 0 amide bonds. The van der Waals surface area contributed by atoms with Gasteiger partial charge in [-0.2, -0.15) is 0 Å². The van der Waals surface area contributed by atoms with Crippen LogP contribution in [-0.2, 0) is 13.0 Å². The van der Waals surface area contributed by atoms with Crippen LogP contribution in [0.1, 0.15) is 11.4 Å². The summed E-state index contributed by atoms with van der Waals surface area (Å²) >= 11 is 0. The number of nitrogens with one attached hydrogen (secondary N) is 1. The van der Waals surface area contributed by atoms with E-state index in [0.29, 0.717) is 0 Å². The summed E-state index contributed by atoms with van der Waals surface area (Å²) in [4.78, 5) is 9.40. The van der Waals surface area contributed by atoms with Crippen molar-refractivity contribution in [1.29, 1.82) is 0 Å². The second-order valence-electron chi connectivity index (χ2n) is 8.17. The molecule has 0 unspecified atom stereocenters. The highest BCUT2D eigenvalue weighted by molar-refractivity contribution is 5.85. The van der Waals surface area contributed by atoms with Gasteiger partial charge in [0.25, 0.3) is 0 Å². The molecule has 7 nitrogen and oxygen atoms in total. The standard InChI is InChI=1S/C25H29N7/c1-26-25(27-13-12-24-29-28-23-11-4-5-14-32(23)24)31-17-15-30(16-18-31)19-21-9-6-8-20-7-2-3-10-22(20)21/h2-11,14H,12-13,15-19H2,1H3,(H,26,27). The Morgan fingerprint density at radius 3 is 2.62 bits per heavy atom. The number of hydrogen-bond acceptors (Lipinski definition) is 4. The van der Waals surface area contributed by atoms with Gasteiger partial charge in [-0.25, -0.2) is 0 Å². The zero-order valence-corrected chi connectivity index (χ0v) is 18.5. The Bertz CT molecular complexity index is 1220. The molecule has 0 radical (unpaired) electrons. The Balaban J connectivity index is 1.14. The molecule has 7 heteroatoms. The molecular formula is C25H29N7. The van der Waals surface area contributed by atoms with Crippen LogP contribution in [0, 0.1) is 0 Å². The number of fused-ring (bicyclic) bond motifs is 2. The fourth-order valence-corrected chi connectivity index (χ4v) is 4.47. The van der Waals surface area contributed by atoms with Crippen molar-refractivity contribution >= 4 is 22.4 Å². The van der Waals surface area contributed by atoms with Crippen molar-refractivity contribution in [2.24, 2.45) is 4.99 Å². The van der Waals surface area contributed by atoms with Crippen LogP contribution in [0.3, 0.4) is 0 Å². The Labute approximate surface area is 188 Å². The number of piperazine rings is 1. The van der Waals surface area contributed by atoms with Gasteiger partial charge in [-0.1, -0.05) is 48.5 Å². The minimum absolute atomic E-state index is 0.776. The maximum absolute atomic E-state index is 4.51. The van der Waals surface area contributed by atoms with Crippen LogP contribution in [0.15, 0.2) is 71.9 Å². The van der Waals surface area contributed by atoms with Crippen molar-refractivity contribution in [1.82, 2.24) is 29.7 Å². The van der Waals surface area contributed by atoms with Crippen LogP contribution in [0.4, 0.5) is 0 Å². The van der Waals surface area contributed by atoms with E-state index < -0.39 is 0 Å². The van der Waals surface area contributed by atoms with E-state index in [1.165, 1.54) is 16.3 Å². The number of hydrogen-bond donors (Lipinski definition) is 1. The van der Waals surface area contributed by atoms with Gasteiger partial charge in [0.15, 0.2) is 11.6 Å². The normalized spacial score (nSPS) is 15.5. The molecule has 0 aliphatic carbocycles. The van der Waals surface area contributed by atoms with Gasteiger partial charge < -0.3 is 10.2 Å². The molecule has 0 bridgehead atoms. The van der Waals surface area contributed by atoms with Crippen molar-refractivity contribution in [2.75, 3.05) is 39.8 Å². The minimum atomic E-state index is 0.776. The lowest BCUT2D eigenvalue weighted by Gasteiger charge is -2.36. The molecule has 0 atom stereocenters. The molecule has 0 saturated carbocycles. The van der Waals surface area contributed by atoms with Gasteiger partial charge in [-0.05, 0) is 28.5 Å². The molecule has 164 valence electrons. The summed E-state index contributed by atoms with van der Waals surface area (Å²) in [7, 11) is 1.86. The van der Waals surface area contributed by atoms with Gasteiger partial charge in [0.1, 0.15) is 5.82 Å². The summed E-state index contributed by atoms with van der Waals surface area (Å²) in [5.74, 6) is 1.92. The first-order chi connectivity index (χ1) is 15.8. The van der Waals surface area contributed by atoms with Crippen molar-refractivity contribution in [3.63, 3.8) is 0 Å². The first kappa shape index (κ1) is 20.5. The van der Waals surface area contributed by atoms with Crippen molar-refractivity contribution in [3.05, 3.63) is 78.2 Å². The van der Waals surface area contributed by atoms with Crippen LogP contribution < -0.4 is 5.32 Å². The predicted octanol–water partition coefficient (Wildman–Crippen LogP) is 2.82. The maximum atomic E-state index is 4.51. The molecule has 1 aliphatic heterocycles. The second kappa shape index (κ2) is 9.36. The number of guanidine groups is 1. The van der Waals surface area contributed by atoms with Crippen LogP contribution in [0.2, 0.25) is 0 Å². The average molecular weight is 428 g/mol. The summed E-state index contributed by atoms with van der Waals surface area (Å²) in [6.45, 7) is 5.76. The summed E-state index contributed by atoms with van der Waals surface area (Å²) in [6, 6.07) is 21.2. The number of rotatable bonds is 5. The Kier molecular flexibility index (Phi) is 5.98. The number of nitrogens with zero attached hydrogens (tertiary/aromatic N) is 6. The van der Waals surface area contributed by atoms with E-state index in [0.717, 1.165) is 63.1 Å². The summed E-state index contributed by atoms with van der Waals surface area (Å²) < 4.78 is 2.04. The van der Waals surface area contributed by atoms with Gasteiger partial charge in [0.2, 0.25) is 0 Å². The third-order valence-electron chi connectivity index (χ3n) is 6.17. The lowest BCUT2D eigenvalue weighted by Crippen LogP contribution is -2.52. The molecule has 1 saturated heterocycles. The van der Waals surface area contributed by atoms with Gasteiger partial charge in [0, 0.05) is 58.9 Å². The zero-order chi connectivity index (χ0) is 21.8. The molecule has 5 rings (SSSR count). The highest BCUT2D eigenvalue weighted by Crippen LogP contribution is 2.20. The molecule has 1 N–H and O–H groups in total. The fraction of sp³-hybridized carbons (Fsp3) is 0.320. The summed E-state index contributed by atoms with van der Waals surface area (Å²) in [5.41, 5.74) is 2.29. The van der Waals surface area contributed by atoms with Crippen molar-refractivity contribution in [2.45, 2.75) is 13.0 Å². The Hall–Kier alpha value is -3.45. The topological polar surface area (TPSA) is 61.1 Å². The van der Waals surface area contributed by atoms with Crippen LogP contribution >= 0.6 is 0 Å². The van der Waals surface area contributed by atoms with E-state index in [1.54, 1.807) is 0 Å². The molecule has 0 spiro atoms. The zero-order valence-electron chi connectivity index (χ0n) is 18.5. The number of benzene rings is 2. The van der Waals surface area contributed by atoms with Crippen LogP contribution in [-0.4, -0.2) is 70.1 Å². The van der Waals surface area contributed by atoms with E-state index in [1.807, 2.05) is 35.8 Å². The first-order valence-corrected chi connectivity index (χ1v) is 11.2. The number of aromatic nitrogens is 3. The second-order valence-corrected chi connectivity index (χ2v) is 8.17. The maximum Gasteiger partial charge on any atom is 0.193 e. The smallest absolute Gasteiger partial charge is 0.193 e. The molecule has 2 aromatic carbocycles. The first-order valence-electron chi connectivity index (χ1n) is 11.2. The van der Waals surface area contributed by atoms with Gasteiger partial charge >= 0.3 is 0 Å². The molecule has 32 heavy (non-hydrogen) atoms. The van der Waals surface area contributed by atoms with Crippen LogP contribution in [0.25, 0.3) is 16.4 Å². The molecule has 1 fully saturated rings. The third-order valence-corrected chi connectivity index (χ3v) is 6.17. The van der Waals surface area contributed by atoms with E-state index in [4.69, 9.17) is 0 Å². The molecule has 2 aromatic heterocycles. The lowest BCUT2D eigenvalue weighted by atomic mass is 10.0. The Morgan fingerprint density at radius 2 is 1.75 bits per heavy atom. The molecule has 4 aromatic rings. The van der Waals surface area contributed by atoms with Crippen molar-refractivity contribution in [3.8, 4) is 0 Å². The highest BCUT2D eigenvalue weighted by Gasteiger charge is 2.20. The third kappa shape index (κ3) is 4.29. The SMILES string of the molecule is CN=C(NCCc1nnc2ccccn12)N1CCN(Cc2cccc3ccccc23)CC1. The van der Waals surface area contributed by atoms with E-state index in [-0.39, 0.29) is 0 Å². The van der Waals surface area contributed by atoms with Gasteiger partial charge in [-0.3, -0.25) is 14.3 Å². The summed E-state index contributed by atoms with van der Waals surface area (Å²) in [5, 5.41) is 14.7. The fourth-order valence-electron chi connectivity index (χ4n) is 4.47. The van der Waals surface area contributed by atoms with E-state index in [9.17, 15) is 0 Å². The van der Waals surface area contributed by atoms with Crippen molar-refractivity contribution < 1.29 is 0 Å². The van der Waals surface area contributed by atoms with Crippen LogP contribution in [0.5, 0.6) is 0 Å². The molecular weight excluding hydrogens is 398 g/mol. The number of pyridine rings is 1. The quantitative estimate of drug-likeness (QED) is 0.392. The van der Waals surface area contributed by atoms with Gasteiger partial charge in [0.05, 0.1) is 0 Å². The van der Waals surface area contributed by atoms with E-state index >= 15 is 0 Å². The van der Waals surface area contributed by atoms with Gasteiger partial charge in [-0.15, -0.1) is 10.2 Å². The Morgan fingerprint density at radius 1 is 0.938 bits per heavy atom. The van der Waals surface area contributed by atoms with E-state index in [2.05, 4.69) is 72.8 Å². The highest BCUT2D eigenvalue weighted by atomic mass is 15.3. The average Bonchev–Trinajstić information content (AvgIpc) is 3.26. The molecule has 1 aliphatic rings. The predicted molar refractivity (Wildman–Crippen MR) is 129 cm³/mol. The largest absolute Gasteiger partial charge is 0.356 e. The minimum Gasteiger partial charge on any atom is -0.356 e. The number of aliphatic imine (C=N–C) groups is 1. The monoisotopic (exact) mass is 427 g/mol.